The van der Waals surface area contributed by atoms with Crippen molar-refractivity contribution in [2.75, 3.05) is 13.2 Å². The van der Waals surface area contributed by atoms with E-state index in [0.29, 0.717) is 24.5 Å². The van der Waals surface area contributed by atoms with Crippen LogP contribution in [0, 0.1) is 6.92 Å². The van der Waals surface area contributed by atoms with Crippen molar-refractivity contribution in [2.24, 2.45) is 0 Å². The minimum Gasteiger partial charge on any atom is -0.493 e. The molecule has 0 aliphatic carbocycles. The third-order valence-electron chi connectivity index (χ3n) is 4.31. The number of fused-ring (bicyclic) bond motifs is 1. The summed E-state index contributed by atoms with van der Waals surface area (Å²) in [5.74, 6) is 0.0177. The summed E-state index contributed by atoms with van der Waals surface area (Å²) in [5, 5.41) is 0.216. The molecule has 0 amide bonds. The van der Waals surface area contributed by atoms with Gasteiger partial charge < -0.3 is 13.9 Å². The molecule has 0 radical (unpaired) electrons. The summed E-state index contributed by atoms with van der Waals surface area (Å²) in [5.41, 5.74) is -2.44. The Morgan fingerprint density at radius 1 is 1.14 bits per heavy atom. The van der Waals surface area contributed by atoms with E-state index in [4.69, 9.17) is 13.9 Å². The second-order valence-corrected chi connectivity index (χ2v) is 6.72. The van der Waals surface area contributed by atoms with Crippen molar-refractivity contribution in [3.63, 3.8) is 0 Å². The van der Waals surface area contributed by atoms with Gasteiger partial charge >= 0.3 is 17.8 Å². The second-order valence-electron chi connectivity index (χ2n) is 6.72. The highest BCUT2D eigenvalue weighted by Gasteiger charge is 2.37. The number of rotatable bonds is 9. The molecule has 0 saturated carbocycles. The van der Waals surface area contributed by atoms with E-state index in [1.165, 1.54) is 19.1 Å². The van der Waals surface area contributed by atoms with E-state index in [1.807, 2.05) is 0 Å². The summed E-state index contributed by atoms with van der Waals surface area (Å²) in [6.45, 7) is 7.09. The first-order chi connectivity index (χ1) is 13.6. The van der Waals surface area contributed by atoms with Gasteiger partial charge in [0, 0.05) is 17.0 Å². The minimum absolute atomic E-state index is 0.0531. The average molecular weight is 412 g/mol. The lowest BCUT2D eigenvalue weighted by molar-refractivity contribution is -0.140. The molecule has 1 aromatic carbocycles. The van der Waals surface area contributed by atoms with Gasteiger partial charge in [-0.05, 0) is 57.2 Å². The standard InChI is InChI=1S/C21H23F3O5/c1-13(2)19(25)28-11-7-5-4-6-10-27-15-8-9-16-14(3)18(21(22,23)24)20(26)29-17(16)12-15/h8-9,12H,1,4-7,10-11H2,2-3H3. The molecule has 0 bridgehead atoms. The maximum absolute atomic E-state index is 13.0. The summed E-state index contributed by atoms with van der Waals surface area (Å²) >= 11 is 0. The summed E-state index contributed by atoms with van der Waals surface area (Å²) in [7, 11) is 0. The summed E-state index contributed by atoms with van der Waals surface area (Å²) < 4.78 is 54.4. The molecule has 0 atom stereocenters. The molecule has 29 heavy (non-hydrogen) atoms. The van der Waals surface area contributed by atoms with Crippen molar-refractivity contribution in [3.8, 4) is 5.75 Å². The molecular formula is C21H23F3O5. The van der Waals surface area contributed by atoms with Crippen molar-refractivity contribution in [3.05, 3.63) is 51.9 Å². The lowest BCUT2D eigenvalue weighted by atomic mass is 10.1. The van der Waals surface area contributed by atoms with Crippen LogP contribution in [0.1, 0.15) is 43.7 Å². The van der Waals surface area contributed by atoms with Gasteiger partial charge in [0.05, 0.1) is 13.2 Å². The summed E-state index contributed by atoms with van der Waals surface area (Å²) in [6, 6.07) is 4.42. The Balaban J connectivity index is 1.85. The number of alkyl halides is 3. The van der Waals surface area contributed by atoms with Gasteiger partial charge in [0.15, 0.2) is 0 Å². The minimum atomic E-state index is -4.77. The van der Waals surface area contributed by atoms with E-state index in [0.717, 1.165) is 25.7 Å². The van der Waals surface area contributed by atoms with E-state index in [9.17, 15) is 22.8 Å². The van der Waals surface area contributed by atoms with Crippen molar-refractivity contribution >= 4 is 16.9 Å². The summed E-state index contributed by atoms with van der Waals surface area (Å²) in [4.78, 5) is 22.9. The van der Waals surface area contributed by atoms with Crippen LogP contribution in [-0.2, 0) is 15.7 Å². The Bertz CT molecular complexity index is 944. The van der Waals surface area contributed by atoms with Crippen LogP contribution in [0.15, 0.2) is 39.6 Å². The average Bonchev–Trinajstić information content (AvgIpc) is 2.62. The Kier molecular flexibility index (Phi) is 7.47. The first-order valence-corrected chi connectivity index (χ1v) is 9.21. The van der Waals surface area contributed by atoms with Gasteiger partial charge in [-0.1, -0.05) is 6.58 Å². The fourth-order valence-electron chi connectivity index (χ4n) is 2.79. The van der Waals surface area contributed by atoms with E-state index in [1.54, 1.807) is 13.0 Å². The van der Waals surface area contributed by atoms with E-state index in [2.05, 4.69) is 6.58 Å². The number of carbonyl (C=O) groups is 1. The zero-order chi connectivity index (χ0) is 21.6. The molecule has 5 nitrogen and oxygen atoms in total. The first kappa shape index (κ1) is 22.5. The molecule has 0 saturated heterocycles. The SMILES string of the molecule is C=C(C)C(=O)OCCCCCCOc1ccc2c(C)c(C(F)(F)F)c(=O)oc2c1. The van der Waals surface area contributed by atoms with Gasteiger partial charge in [-0.2, -0.15) is 13.2 Å². The summed E-state index contributed by atoms with van der Waals surface area (Å²) in [6.07, 6.45) is -1.56. The number of halogens is 3. The molecule has 0 N–H and O–H groups in total. The fourth-order valence-corrected chi connectivity index (χ4v) is 2.79. The zero-order valence-electron chi connectivity index (χ0n) is 16.4. The Labute approximate surface area is 166 Å². The second kappa shape index (κ2) is 9.62. The van der Waals surface area contributed by atoms with Crippen LogP contribution in [0.25, 0.3) is 11.0 Å². The largest absolute Gasteiger partial charge is 0.493 e. The molecular weight excluding hydrogens is 389 g/mol. The van der Waals surface area contributed by atoms with Crippen LogP contribution in [0.3, 0.4) is 0 Å². The van der Waals surface area contributed by atoms with E-state index < -0.39 is 23.3 Å². The fraction of sp³-hybridized carbons (Fsp3) is 0.429. The van der Waals surface area contributed by atoms with Gasteiger partial charge in [-0.25, -0.2) is 9.59 Å². The molecule has 1 aromatic heterocycles. The number of aryl methyl sites for hydroxylation is 1. The highest BCUT2D eigenvalue weighted by atomic mass is 19.4. The number of carbonyl (C=O) groups excluding carboxylic acids is 1. The molecule has 0 fully saturated rings. The third kappa shape index (κ3) is 6.10. The van der Waals surface area contributed by atoms with E-state index in [-0.39, 0.29) is 16.5 Å². The Morgan fingerprint density at radius 2 is 1.79 bits per heavy atom. The van der Waals surface area contributed by atoms with Crippen molar-refractivity contribution < 1.29 is 31.9 Å². The number of benzene rings is 1. The van der Waals surface area contributed by atoms with Gasteiger partial charge in [0.25, 0.3) is 0 Å². The number of hydrogen-bond acceptors (Lipinski definition) is 5. The number of ether oxygens (including phenoxy) is 2. The van der Waals surface area contributed by atoms with Crippen LogP contribution in [0.5, 0.6) is 5.75 Å². The van der Waals surface area contributed by atoms with Gasteiger partial charge in [-0.3, -0.25) is 0 Å². The molecule has 2 rings (SSSR count). The molecule has 0 aliphatic rings. The quantitative estimate of drug-likeness (QED) is 0.246. The molecule has 158 valence electrons. The van der Waals surface area contributed by atoms with Gasteiger partial charge in [-0.15, -0.1) is 0 Å². The normalized spacial score (nSPS) is 11.5. The molecule has 0 aliphatic heterocycles. The van der Waals surface area contributed by atoms with Crippen LogP contribution in [0.4, 0.5) is 13.2 Å². The zero-order valence-corrected chi connectivity index (χ0v) is 16.4. The Hall–Kier alpha value is -2.77. The van der Waals surface area contributed by atoms with Crippen LogP contribution >= 0.6 is 0 Å². The van der Waals surface area contributed by atoms with Crippen molar-refractivity contribution in [2.45, 2.75) is 45.7 Å². The van der Waals surface area contributed by atoms with Crippen LogP contribution in [-0.4, -0.2) is 19.2 Å². The monoisotopic (exact) mass is 412 g/mol. The maximum atomic E-state index is 13.0. The molecule has 1 heterocycles. The lowest BCUT2D eigenvalue weighted by Gasteiger charge is -2.12. The Morgan fingerprint density at radius 3 is 2.41 bits per heavy atom. The highest BCUT2D eigenvalue weighted by molar-refractivity contribution is 5.86. The lowest BCUT2D eigenvalue weighted by Crippen LogP contribution is -2.20. The van der Waals surface area contributed by atoms with Gasteiger partial charge in [0.1, 0.15) is 16.9 Å². The van der Waals surface area contributed by atoms with Crippen molar-refractivity contribution in [1.82, 2.24) is 0 Å². The van der Waals surface area contributed by atoms with Gasteiger partial charge in [0.2, 0.25) is 0 Å². The number of unbranched alkanes of at least 4 members (excludes halogenated alkanes) is 3. The predicted octanol–water partition coefficient (Wildman–Crippen LogP) is 5.18. The smallest absolute Gasteiger partial charge is 0.423 e. The molecule has 2 aromatic rings. The number of hydrogen-bond donors (Lipinski definition) is 0. The predicted molar refractivity (Wildman–Crippen MR) is 102 cm³/mol. The highest BCUT2D eigenvalue weighted by Crippen LogP contribution is 2.33. The van der Waals surface area contributed by atoms with Crippen LogP contribution < -0.4 is 10.4 Å². The molecule has 8 heteroatoms. The maximum Gasteiger partial charge on any atom is 0.423 e. The molecule has 0 spiro atoms. The first-order valence-electron chi connectivity index (χ1n) is 9.21. The van der Waals surface area contributed by atoms with Crippen molar-refractivity contribution in [1.29, 1.82) is 0 Å². The topological polar surface area (TPSA) is 65.7 Å². The molecule has 0 unspecified atom stereocenters. The van der Waals surface area contributed by atoms with E-state index >= 15 is 0 Å². The van der Waals surface area contributed by atoms with Crippen LogP contribution in [0.2, 0.25) is 0 Å². The third-order valence-corrected chi connectivity index (χ3v) is 4.31. The number of esters is 1.